The fraction of sp³-hybridized carbons (Fsp3) is 0.400. The van der Waals surface area contributed by atoms with Crippen LogP contribution in [0.2, 0.25) is 0 Å². The summed E-state index contributed by atoms with van der Waals surface area (Å²) >= 11 is 0. The number of nitrogens with one attached hydrogen (secondary N) is 1. The Labute approximate surface area is 94.7 Å². The van der Waals surface area contributed by atoms with Crippen molar-refractivity contribution in [2.24, 2.45) is 0 Å². The average molecular weight is 245 g/mol. The number of hydrogen-bond donors (Lipinski definition) is 3. The third kappa shape index (κ3) is 5.16. The van der Waals surface area contributed by atoms with Gasteiger partial charge in [0, 0.05) is 11.2 Å². The standard InChI is InChI=1S/C10H16NO4P/c1-10(2,3)11-8-4-6-9(7-5-8)15-16(12,13)14/h4-7,11H,1-3H3,(H2,12,13,14). The van der Waals surface area contributed by atoms with Gasteiger partial charge in [0.1, 0.15) is 5.75 Å². The summed E-state index contributed by atoms with van der Waals surface area (Å²) in [5, 5.41) is 3.22. The van der Waals surface area contributed by atoms with Crippen molar-refractivity contribution in [3.8, 4) is 5.75 Å². The molecule has 0 aliphatic rings. The van der Waals surface area contributed by atoms with Crippen molar-refractivity contribution >= 4 is 13.5 Å². The predicted molar refractivity (Wildman–Crippen MR) is 62.5 cm³/mol. The quantitative estimate of drug-likeness (QED) is 0.712. The smallest absolute Gasteiger partial charge is 0.404 e. The van der Waals surface area contributed by atoms with E-state index in [1.807, 2.05) is 20.8 Å². The van der Waals surface area contributed by atoms with Crippen LogP contribution in [0, 0.1) is 0 Å². The van der Waals surface area contributed by atoms with E-state index in [-0.39, 0.29) is 11.3 Å². The molecule has 0 amide bonds. The number of benzene rings is 1. The molecule has 16 heavy (non-hydrogen) atoms. The van der Waals surface area contributed by atoms with Crippen molar-refractivity contribution in [3.63, 3.8) is 0 Å². The highest BCUT2D eigenvalue weighted by Crippen LogP contribution is 2.37. The number of anilines is 1. The Morgan fingerprint density at radius 3 is 2.06 bits per heavy atom. The third-order valence-corrected chi connectivity index (χ3v) is 2.05. The van der Waals surface area contributed by atoms with E-state index in [1.54, 1.807) is 12.1 Å². The zero-order valence-corrected chi connectivity index (χ0v) is 10.4. The van der Waals surface area contributed by atoms with Crippen LogP contribution in [0.5, 0.6) is 5.75 Å². The normalized spacial score (nSPS) is 12.3. The number of phosphoric ester groups is 1. The molecule has 6 heteroatoms. The molecule has 0 unspecified atom stereocenters. The van der Waals surface area contributed by atoms with Crippen LogP contribution in [0.15, 0.2) is 24.3 Å². The maximum absolute atomic E-state index is 10.6. The summed E-state index contributed by atoms with van der Waals surface area (Å²) in [6.07, 6.45) is 0. The fourth-order valence-electron chi connectivity index (χ4n) is 1.17. The molecule has 0 spiro atoms. The summed E-state index contributed by atoms with van der Waals surface area (Å²) in [6.45, 7) is 6.06. The van der Waals surface area contributed by atoms with Crippen LogP contribution in [0.4, 0.5) is 5.69 Å². The molecule has 0 fully saturated rings. The lowest BCUT2D eigenvalue weighted by atomic mass is 10.1. The first-order valence-electron chi connectivity index (χ1n) is 4.79. The fourth-order valence-corrected chi connectivity index (χ4v) is 1.57. The zero-order valence-electron chi connectivity index (χ0n) is 9.47. The van der Waals surface area contributed by atoms with Gasteiger partial charge in [-0.3, -0.25) is 9.79 Å². The Bertz CT molecular complexity index is 390. The number of hydrogen-bond acceptors (Lipinski definition) is 3. The molecule has 5 nitrogen and oxygen atoms in total. The van der Waals surface area contributed by atoms with Gasteiger partial charge < -0.3 is 9.84 Å². The molecule has 0 saturated carbocycles. The molecule has 0 aliphatic carbocycles. The Hall–Kier alpha value is -1.03. The minimum Gasteiger partial charge on any atom is -0.404 e. The number of phosphoric acid groups is 1. The van der Waals surface area contributed by atoms with Crippen molar-refractivity contribution < 1.29 is 18.9 Å². The molecule has 0 saturated heterocycles. The molecule has 0 heterocycles. The van der Waals surface area contributed by atoms with Gasteiger partial charge in [-0.1, -0.05) is 0 Å². The largest absolute Gasteiger partial charge is 0.524 e. The van der Waals surface area contributed by atoms with Gasteiger partial charge in [-0.25, -0.2) is 4.57 Å². The monoisotopic (exact) mass is 245 g/mol. The Kier molecular flexibility index (Phi) is 3.63. The highest BCUT2D eigenvalue weighted by molar-refractivity contribution is 7.46. The van der Waals surface area contributed by atoms with Crippen molar-refractivity contribution in [3.05, 3.63) is 24.3 Å². The maximum Gasteiger partial charge on any atom is 0.524 e. The Balaban J connectivity index is 2.72. The van der Waals surface area contributed by atoms with Gasteiger partial charge in [-0.05, 0) is 45.0 Å². The molecular formula is C10H16NO4P. The molecule has 0 atom stereocenters. The molecule has 1 aromatic rings. The van der Waals surface area contributed by atoms with E-state index >= 15 is 0 Å². The van der Waals surface area contributed by atoms with Gasteiger partial charge in [0.15, 0.2) is 0 Å². The SMILES string of the molecule is CC(C)(C)Nc1ccc(OP(=O)(O)O)cc1. The third-order valence-electron chi connectivity index (χ3n) is 1.60. The van der Waals surface area contributed by atoms with Crippen molar-refractivity contribution in [2.45, 2.75) is 26.3 Å². The highest BCUT2D eigenvalue weighted by atomic mass is 31.2. The van der Waals surface area contributed by atoms with Crippen LogP contribution >= 0.6 is 7.82 Å². The van der Waals surface area contributed by atoms with E-state index in [9.17, 15) is 4.57 Å². The van der Waals surface area contributed by atoms with Gasteiger partial charge in [0.25, 0.3) is 0 Å². The van der Waals surface area contributed by atoms with Crippen molar-refractivity contribution in [2.75, 3.05) is 5.32 Å². The van der Waals surface area contributed by atoms with Crippen LogP contribution in [-0.4, -0.2) is 15.3 Å². The van der Waals surface area contributed by atoms with E-state index in [0.717, 1.165) is 5.69 Å². The molecule has 3 N–H and O–H groups in total. The van der Waals surface area contributed by atoms with Crippen LogP contribution in [0.25, 0.3) is 0 Å². The summed E-state index contributed by atoms with van der Waals surface area (Å²) in [5.41, 5.74) is 0.802. The van der Waals surface area contributed by atoms with E-state index in [0.29, 0.717) is 0 Å². The molecule has 0 bridgehead atoms. The van der Waals surface area contributed by atoms with Gasteiger partial charge >= 0.3 is 7.82 Å². The summed E-state index contributed by atoms with van der Waals surface area (Å²) in [5.74, 6) is 0.146. The van der Waals surface area contributed by atoms with E-state index in [2.05, 4.69) is 9.84 Å². The molecule has 90 valence electrons. The molecule has 1 rings (SSSR count). The first-order chi connectivity index (χ1) is 7.16. The van der Waals surface area contributed by atoms with Gasteiger partial charge in [0.2, 0.25) is 0 Å². The summed E-state index contributed by atoms with van der Waals surface area (Å²) in [6, 6.07) is 6.42. The first kappa shape index (κ1) is 13.0. The lowest BCUT2D eigenvalue weighted by Crippen LogP contribution is -2.25. The Morgan fingerprint density at radius 1 is 1.19 bits per heavy atom. The van der Waals surface area contributed by atoms with Gasteiger partial charge in [0.05, 0.1) is 0 Å². The molecule has 1 aromatic carbocycles. The highest BCUT2D eigenvalue weighted by Gasteiger charge is 2.15. The molecular weight excluding hydrogens is 229 g/mol. The second-order valence-electron chi connectivity index (χ2n) is 4.48. The van der Waals surface area contributed by atoms with Crippen LogP contribution in [-0.2, 0) is 4.57 Å². The molecule has 0 aliphatic heterocycles. The Morgan fingerprint density at radius 2 is 1.69 bits per heavy atom. The zero-order chi connectivity index (χ0) is 12.4. The molecule has 0 aromatic heterocycles. The van der Waals surface area contributed by atoms with E-state index < -0.39 is 7.82 Å². The second-order valence-corrected chi connectivity index (χ2v) is 5.64. The minimum atomic E-state index is -4.46. The lowest BCUT2D eigenvalue weighted by molar-refractivity contribution is 0.283. The van der Waals surface area contributed by atoms with Crippen molar-refractivity contribution in [1.82, 2.24) is 0 Å². The van der Waals surface area contributed by atoms with Crippen LogP contribution in [0.1, 0.15) is 20.8 Å². The summed E-state index contributed by atoms with van der Waals surface area (Å²) in [7, 11) is -4.46. The first-order valence-corrected chi connectivity index (χ1v) is 6.32. The predicted octanol–water partition coefficient (Wildman–Crippen LogP) is 2.37. The summed E-state index contributed by atoms with van der Waals surface area (Å²) < 4.78 is 15.0. The van der Waals surface area contributed by atoms with Crippen LogP contribution < -0.4 is 9.84 Å². The topological polar surface area (TPSA) is 78.8 Å². The van der Waals surface area contributed by atoms with Gasteiger partial charge in [-0.2, -0.15) is 0 Å². The number of rotatable bonds is 3. The molecule has 0 radical (unpaired) electrons. The maximum atomic E-state index is 10.6. The second kappa shape index (κ2) is 4.45. The lowest BCUT2D eigenvalue weighted by Gasteiger charge is -2.22. The summed E-state index contributed by atoms with van der Waals surface area (Å²) in [4.78, 5) is 17.2. The minimum absolute atomic E-state index is 0.0639. The van der Waals surface area contributed by atoms with E-state index in [1.165, 1.54) is 12.1 Å². The van der Waals surface area contributed by atoms with E-state index in [4.69, 9.17) is 9.79 Å². The van der Waals surface area contributed by atoms with Crippen molar-refractivity contribution in [1.29, 1.82) is 0 Å². The average Bonchev–Trinajstić information content (AvgIpc) is 2.03. The van der Waals surface area contributed by atoms with Gasteiger partial charge in [-0.15, -0.1) is 0 Å². The van der Waals surface area contributed by atoms with Crippen LogP contribution in [0.3, 0.4) is 0 Å².